The first kappa shape index (κ1) is 13.4. The lowest BCUT2D eigenvalue weighted by atomic mass is 10.1. The number of nitriles is 1. The molecule has 92 valence electrons. The topological polar surface area (TPSA) is 35.8 Å². The molecule has 0 radical (unpaired) electrons. The lowest BCUT2D eigenvalue weighted by Crippen LogP contribution is -2.18. The number of alkyl halides is 3. The van der Waals surface area contributed by atoms with Crippen molar-refractivity contribution in [2.24, 2.45) is 0 Å². The zero-order valence-corrected chi connectivity index (χ0v) is 9.60. The van der Waals surface area contributed by atoms with Crippen molar-refractivity contribution >= 4 is 5.69 Å². The second-order valence-electron chi connectivity index (χ2n) is 3.82. The largest absolute Gasteiger partial charge is 0.418 e. The molecular weight excluding hydrogens is 229 g/mol. The van der Waals surface area contributed by atoms with Gasteiger partial charge in [0.2, 0.25) is 0 Å². The summed E-state index contributed by atoms with van der Waals surface area (Å²) in [6.45, 7) is 3.69. The molecule has 2 nitrogen and oxygen atoms in total. The van der Waals surface area contributed by atoms with Gasteiger partial charge in [0.05, 0.1) is 17.2 Å². The van der Waals surface area contributed by atoms with Gasteiger partial charge in [0.25, 0.3) is 0 Å². The van der Waals surface area contributed by atoms with Crippen molar-refractivity contribution < 1.29 is 13.2 Å². The number of nitrogens with zero attached hydrogens (tertiary/aromatic N) is 1. The molecule has 0 saturated carbocycles. The molecule has 1 atom stereocenters. The average molecular weight is 242 g/mol. The Bertz CT molecular complexity index is 432. The molecule has 0 fully saturated rings. The van der Waals surface area contributed by atoms with Gasteiger partial charge in [-0.1, -0.05) is 6.92 Å². The van der Waals surface area contributed by atoms with Crippen molar-refractivity contribution in [3.63, 3.8) is 0 Å². The van der Waals surface area contributed by atoms with Crippen LogP contribution in [-0.2, 0) is 6.18 Å². The molecule has 0 aliphatic carbocycles. The Hall–Kier alpha value is -1.70. The summed E-state index contributed by atoms with van der Waals surface area (Å²) in [4.78, 5) is 0. The summed E-state index contributed by atoms with van der Waals surface area (Å²) in [7, 11) is 0. The molecule has 0 saturated heterocycles. The third-order valence-corrected chi connectivity index (χ3v) is 2.47. The van der Waals surface area contributed by atoms with Crippen LogP contribution in [0.1, 0.15) is 31.4 Å². The molecule has 5 heteroatoms. The lowest BCUT2D eigenvalue weighted by molar-refractivity contribution is -0.137. The highest BCUT2D eigenvalue weighted by atomic mass is 19.4. The standard InChI is InChI=1S/C12H13F3N2/c1-3-8(2)17-11-5-4-9(7-16)6-10(11)12(13,14)15/h4-6,8,17H,3H2,1-2H3. The van der Waals surface area contributed by atoms with E-state index in [0.717, 1.165) is 12.5 Å². The van der Waals surface area contributed by atoms with Crippen LogP contribution in [0.3, 0.4) is 0 Å². The molecule has 1 aromatic rings. The summed E-state index contributed by atoms with van der Waals surface area (Å²) in [5, 5.41) is 11.4. The molecule has 1 rings (SSSR count). The van der Waals surface area contributed by atoms with E-state index < -0.39 is 11.7 Å². The highest BCUT2D eigenvalue weighted by Gasteiger charge is 2.34. The van der Waals surface area contributed by atoms with E-state index in [0.29, 0.717) is 0 Å². The van der Waals surface area contributed by atoms with Crippen LogP contribution >= 0.6 is 0 Å². The Labute approximate surface area is 98.1 Å². The molecule has 0 aromatic heterocycles. The lowest BCUT2D eigenvalue weighted by Gasteiger charge is -2.18. The molecular formula is C12H13F3N2. The first-order valence-corrected chi connectivity index (χ1v) is 5.26. The van der Waals surface area contributed by atoms with Crippen LogP contribution in [-0.4, -0.2) is 6.04 Å². The quantitative estimate of drug-likeness (QED) is 0.875. The number of hydrogen-bond acceptors (Lipinski definition) is 2. The summed E-state index contributed by atoms with van der Waals surface area (Å²) >= 11 is 0. The van der Waals surface area contributed by atoms with E-state index in [1.165, 1.54) is 12.1 Å². The third kappa shape index (κ3) is 3.38. The molecule has 1 unspecified atom stereocenters. The fourth-order valence-electron chi connectivity index (χ4n) is 1.34. The van der Waals surface area contributed by atoms with Gasteiger partial charge in [0, 0.05) is 11.7 Å². The highest BCUT2D eigenvalue weighted by Crippen LogP contribution is 2.35. The SMILES string of the molecule is CCC(C)Nc1ccc(C#N)cc1C(F)(F)F. The molecule has 0 aliphatic rings. The van der Waals surface area contributed by atoms with E-state index >= 15 is 0 Å². The van der Waals surface area contributed by atoms with Gasteiger partial charge < -0.3 is 5.32 Å². The summed E-state index contributed by atoms with van der Waals surface area (Å²) in [5.41, 5.74) is -0.769. The number of nitrogens with one attached hydrogen (secondary N) is 1. The molecule has 0 amide bonds. The molecule has 0 spiro atoms. The van der Waals surface area contributed by atoms with Crippen LogP contribution in [0.15, 0.2) is 18.2 Å². The van der Waals surface area contributed by atoms with Gasteiger partial charge in [0.1, 0.15) is 0 Å². The van der Waals surface area contributed by atoms with Gasteiger partial charge in [0.15, 0.2) is 0 Å². The van der Waals surface area contributed by atoms with Crippen molar-refractivity contribution in [2.45, 2.75) is 32.5 Å². The Morgan fingerprint density at radius 1 is 1.41 bits per heavy atom. The number of benzene rings is 1. The minimum Gasteiger partial charge on any atom is -0.382 e. The molecule has 17 heavy (non-hydrogen) atoms. The van der Waals surface area contributed by atoms with E-state index in [1.54, 1.807) is 13.0 Å². The Morgan fingerprint density at radius 2 is 2.06 bits per heavy atom. The summed E-state index contributed by atoms with van der Waals surface area (Å²) in [6.07, 6.45) is -3.74. The predicted molar refractivity (Wildman–Crippen MR) is 59.5 cm³/mol. The number of rotatable bonds is 3. The minimum atomic E-state index is -4.46. The van der Waals surface area contributed by atoms with Crippen LogP contribution < -0.4 is 5.32 Å². The van der Waals surface area contributed by atoms with E-state index in [2.05, 4.69) is 5.32 Å². The van der Waals surface area contributed by atoms with E-state index in [1.807, 2.05) is 6.92 Å². The monoisotopic (exact) mass is 242 g/mol. The van der Waals surface area contributed by atoms with Gasteiger partial charge in [-0.3, -0.25) is 0 Å². The molecule has 0 heterocycles. The van der Waals surface area contributed by atoms with Crippen molar-refractivity contribution in [1.82, 2.24) is 0 Å². The van der Waals surface area contributed by atoms with E-state index in [-0.39, 0.29) is 17.3 Å². The second-order valence-corrected chi connectivity index (χ2v) is 3.82. The van der Waals surface area contributed by atoms with Crippen LogP contribution in [0.2, 0.25) is 0 Å². The van der Waals surface area contributed by atoms with Crippen LogP contribution in [0, 0.1) is 11.3 Å². The van der Waals surface area contributed by atoms with Crippen LogP contribution in [0.5, 0.6) is 0 Å². The highest BCUT2D eigenvalue weighted by molar-refractivity contribution is 5.56. The van der Waals surface area contributed by atoms with Crippen molar-refractivity contribution in [3.8, 4) is 6.07 Å². The van der Waals surface area contributed by atoms with Crippen molar-refractivity contribution in [3.05, 3.63) is 29.3 Å². The fraction of sp³-hybridized carbons (Fsp3) is 0.417. The summed E-state index contributed by atoms with van der Waals surface area (Å²) in [6, 6.07) is 5.19. The third-order valence-electron chi connectivity index (χ3n) is 2.47. The maximum atomic E-state index is 12.8. The molecule has 0 bridgehead atoms. The smallest absolute Gasteiger partial charge is 0.382 e. The minimum absolute atomic E-state index is 0.00651. The Morgan fingerprint density at radius 3 is 2.53 bits per heavy atom. The molecule has 1 N–H and O–H groups in total. The maximum absolute atomic E-state index is 12.8. The Balaban J connectivity index is 3.17. The van der Waals surface area contributed by atoms with Gasteiger partial charge in [-0.05, 0) is 31.5 Å². The maximum Gasteiger partial charge on any atom is 0.418 e. The molecule has 0 aliphatic heterocycles. The van der Waals surface area contributed by atoms with E-state index in [4.69, 9.17) is 5.26 Å². The number of hydrogen-bond donors (Lipinski definition) is 1. The predicted octanol–water partition coefficient (Wildman–Crippen LogP) is 3.79. The van der Waals surface area contributed by atoms with Crippen molar-refractivity contribution in [1.29, 1.82) is 5.26 Å². The van der Waals surface area contributed by atoms with Gasteiger partial charge in [-0.25, -0.2) is 0 Å². The van der Waals surface area contributed by atoms with Gasteiger partial charge >= 0.3 is 6.18 Å². The second kappa shape index (κ2) is 5.09. The number of halogens is 3. The Kier molecular flexibility index (Phi) is 4.00. The van der Waals surface area contributed by atoms with Crippen LogP contribution in [0.25, 0.3) is 0 Å². The summed E-state index contributed by atoms with van der Waals surface area (Å²) < 4.78 is 38.3. The van der Waals surface area contributed by atoms with Crippen LogP contribution in [0.4, 0.5) is 18.9 Å². The number of anilines is 1. The normalized spacial score (nSPS) is 12.9. The van der Waals surface area contributed by atoms with Gasteiger partial charge in [-0.15, -0.1) is 0 Å². The summed E-state index contributed by atoms with van der Waals surface area (Å²) in [5.74, 6) is 0. The molecule has 1 aromatic carbocycles. The zero-order valence-electron chi connectivity index (χ0n) is 9.60. The first-order valence-electron chi connectivity index (χ1n) is 5.26. The average Bonchev–Trinajstić information content (AvgIpc) is 2.28. The van der Waals surface area contributed by atoms with Gasteiger partial charge in [-0.2, -0.15) is 18.4 Å². The zero-order chi connectivity index (χ0) is 13.1. The fourth-order valence-corrected chi connectivity index (χ4v) is 1.34. The van der Waals surface area contributed by atoms with E-state index in [9.17, 15) is 13.2 Å². The first-order chi connectivity index (χ1) is 7.88. The van der Waals surface area contributed by atoms with Crippen molar-refractivity contribution in [2.75, 3.05) is 5.32 Å².